The number of carbonyl (C=O) groups excluding carboxylic acids is 1. The van der Waals surface area contributed by atoms with E-state index in [1.807, 2.05) is 37.4 Å². The van der Waals surface area contributed by atoms with Crippen molar-refractivity contribution in [2.45, 2.75) is 27.2 Å². The van der Waals surface area contributed by atoms with Gasteiger partial charge in [-0.05, 0) is 44.0 Å². The molecule has 0 atom stereocenters. The van der Waals surface area contributed by atoms with Crippen molar-refractivity contribution in [3.05, 3.63) is 40.9 Å². The first-order valence-corrected chi connectivity index (χ1v) is 8.81. The summed E-state index contributed by atoms with van der Waals surface area (Å²) in [6.45, 7) is 7.07. The zero-order valence-electron chi connectivity index (χ0n) is 14.2. The maximum Gasteiger partial charge on any atom is 0.250 e. The zero-order valence-corrected chi connectivity index (χ0v) is 15.0. The van der Waals surface area contributed by atoms with E-state index in [9.17, 15) is 4.79 Å². The minimum atomic E-state index is -0.214. The molecule has 0 spiro atoms. The van der Waals surface area contributed by atoms with Crippen molar-refractivity contribution >= 4 is 28.5 Å². The second kappa shape index (κ2) is 9.08. The molecule has 2 aromatic rings. The Kier molecular flexibility index (Phi) is 6.81. The lowest BCUT2D eigenvalue weighted by Gasteiger charge is -2.12. The van der Waals surface area contributed by atoms with Crippen LogP contribution in [0.5, 0.6) is 11.5 Å². The van der Waals surface area contributed by atoms with Gasteiger partial charge in [0.25, 0.3) is 0 Å². The molecule has 24 heavy (non-hydrogen) atoms. The predicted molar refractivity (Wildman–Crippen MR) is 97.9 cm³/mol. The van der Waals surface area contributed by atoms with Gasteiger partial charge in [-0.25, -0.2) is 4.98 Å². The van der Waals surface area contributed by atoms with E-state index >= 15 is 0 Å². The van der Waals surface area contributed by atoms with E-state index in [1.165, 1.54) is 17.4 Å². The van der Waals surface area contributed by atoms with E-state index < -0.39 is 0 Å². The molecule has 0 aliphatic carbocycles. The Morgan fingerprint density at radius 3 is 2.79 bits per heavy atom. The maximum atomic E-state index is 11.9. The van der Waals surface area contributed by atoms with Gasteiger partial charge in [0.05, 0.1) is 18.9 Å². The van der Waals surface area contributed by atoms with Gasteiger partial charge in [0.15, 0.2) is 16.6 Å². The number of anilines is 1. The van der Waals surface area contributed by atoms with E-state index in [-0.39, 0.29) is 5.91 Å². The molecular weight excluding hydrogens is 324 g/mol. The van der Waals surface area contributed by atoms with Crippen LogP contribution in [0, 0.1) is 6.92 Å². The first kappa shape index (κ1) is 18.0. The number of benzene rings is 1. The van der Waals surface area contributed by atoms with Crippen LogP contribution in [-0.4, -0.2) is 24.1 Å². The lowest BCUT2D eigenvalue weighted by atomic mass is 10.2. The molecule has 2 rings (SSSR count). The van der Waals surface area contributed by atoms with Crippen molar-refractivity contribution in [3.63, 3.8) is 0 Å². The van der Waals surface area contributed by atoms with Crippen LogP contribution < -0.4 is 14.8 Å². The zero-order chi connectivity index (χ0) is 17.4. The average Bonchev–Trinajstić information content (AvgIpc) is 2.97. The topological polar surface area (TPSA) is 60.5 Å². The summed E-state index contributed by atoms with van der Waals surface area (Å²) in [5, 5.41) is 5.23. The number of hydrogen-bond donors (Lipinski definition) is 1. The lowest BCUT2D eigenvalue weighted by molar-refractivity contribution is -0.111. The van der Waals surface area contributed by atoms with Gasteiger partial charge in [-0.3, -0.25) is 10.1 Å². The molecule has 1 N–H and O–H groups in total. The Bertz CT molecular complexity index is 710. The minimum Gasteiger partial charge on any atom is -0.490 e. The molecule has 0 aliphatic heterocycles. The molecule has 1 aromatic carbocycles. The van der Waals surface area contributed by atoms with Gasteiger partial charge in [0, 0.05) is 11.5 Å². The van der Waals surface area contributed by atoms with Crippen LogP contribution >= 0.6 is 11.3 Å². The van der Waals surface area contributed by atoms with Gasteiger partial charge in [0.1, 0.15) is 0 Å². The van der Waals surface area contributed by atoms with Crippen molar-refractivity contribution in [3.8, 4) is 11.5 Å². The fourth-order valence-electron chi connectivity index (χ4n) is 1.96. The number of aromatic nitrogens is 1. The molecule has 0 saturated carbocycles. The van der Waals surface area contributed by atoms with E-state index in [1.54, 1.807) is 6.08 Å². The fourth-order valence-corrected chi connectivity index (χ4v) is 2.65. The van der Waals surface area contributed by atoms with Crippen molar-refractivity contribution in [2.24, 2.45) is 0 Å². The van der Waals surface area contributed by atoms with Gasteiger partial charge in [0.2, 0.25) is 5.91 Å². The smallest absolute Gasteiger partial charge is 0.250 e. The van der Waals surface area contributed by atoms with Gasteiger partial charge >= 0.3 is 0 Å². The highest BCUT2D eigenvalue weighted by Crippen LogP contribution is 2.29. The van der Waals surface area contributed by atoms with E-state index in [0.717, 1.165) is 23.4 Å². The average molecular weight is 346 g/mol. The minimum absolute atomic E-state index is 0.214. The summed E-state index contributed by atoms with van der Waals surface area (Å²) in [5.41, 5.74) is 1.76. The predicted octanol–water partition coefficient (Wildman–Crippen LogP) is 4.29. The standard InChI is InChI=1S/C18H22N2O3S/c1-4-10-23-15-8-6-14(11-16(15)22-5-2)7-9-17(21)20-18-19-13(3)12-24-18/h6-9,11-12H,4-5,10H2,1-3H3,(H,19,20,21)/b9-7+. The number of nitrogens with one attached hydrogen (secondary N) is 1. The highest BCUT2D eigenvalue weighted by atomic mass is 32.1. The molecule has 0 aliphatic rings. The SMILES string of the molecule is CCCOc1ccc(/C=C/C(=O)Nc2nc(C)cs2)cc1OCC. The van der Waals surface area contributed by atoms with Gasteiger partial charge in [-0.15, -0.1) is 11.3 Å². The largest absolute Gasteiger partial charge is 0.490 e. The number of hydrogen-bond acceptors (Lipinski definition) is 5. The van der Waals surface area contributed by atoms with E-state index in [4.69, 9.17) is 9.47 Å². The second-order valence-electron chi connectivity index (χ2n) is 5.10. The molecule has 6 heteroatoms. The van der Waals surface area contributed by atoms with Crippen LogP contribution in [0.4, 0.5) is 5.13 Å². The number of thiazole rings is 1. The highest BCUT2D eigenvalue weighted by molar-refractivity contribution is 7.13. The summed E-state index contributed by atoms with van der Waals surface area (Å²) >= 11 is 1.40. The third-order valence-electron chi connectivity index (χ3n) is 3.01. The normalized spacial score (nSPS) is 10.8. The third-order valence-corrected chi connectivity index (χ3v) is 3.88. The molecular formula is C18H22N2O3S. The van der Waals surface area contributed by atoms with E-state index in [2.05, 4.69) is 17.2 Å². The van der Waals surface area contributed by atoms with Crippen molar-refractivity contribution in [1.82, 2.24) is 4.98 Å². The van der Waals surface area contributed by atoms with Crippen molar-refractivity contribution in [1.29, 1.82) is 0 Å². The Hall–Kier alpha value is -2.34. The second-order valence-corrected chi connectivity index (χ2v) is 5.96. The van der Waals surface area contributed by atoms with Gasteiger partial charge in [-0.1, -0.05) is 13.0 Å². The van der Waals surface area contributed by atoms with Gasteiger partial charge < -0.3 is 9.47 Å². The summed E-state index contributed by atoms with van der Waals surface area (Å²) in [6, 6.07) is 5.62. The lowest BCUT2D eigenvalue weighted by Crippen LogP contribution is -2.07. The number of rotatable bonds is 8. The van der Waals surface area contributed by atoms with Crippen LogP contribution in [0.15, 0.2) is 29.7 Å². The van der Waals surface area contributed by atoms with Crippen LogP contribution in [0.25, 0.3) is 6.08 Å². The molecule has 0 saturated heterocycles. The molecule has 0 radical (unpaired) electrons. The van der Waals surface area contributed by atoms with E-state index in [0.29, 0.717) is 24.1 Å². The molecule has 128 valence electrons. The highest BCUT2D eigenvalue weighted by Gasteiger charge is 2.06. The molecule has 1 heterocycles. The van der Waals surface area contributed by atoms with Crippen LogP contribution in [-0.2, 0) is 4.79 Å². The van der Waals surface area contributed by atoms with Gasteiger partial charge in [-0.2, -0.15) is 0 Å². The molecule has 5 nitrogen and oxygen atoms in total. The summed E-state index contributed by atoms with van der Waals surface area (Å²) in [6.07, 6.45) is 4.15. The van der Waals surface area contributed by atoms with Crippen LogP contribution in [0.3, 0.4) is 0 Å². The fraction of sp³-hybridized carbons (Fsp3) is 0.333. The monoisotopic (exact) mass is 346 g/mol. The maximum absolute atomic E-state index is 11.9. The Balaban J connectivity index is 2.04. The number of amides is 1. The number of aryl methyl sites for hydroxylation is 1. The Morgan fingerprint density at radius 1 is 1.29 bits per heavy atom. The first-order chi connectivity index (χ1) is 11.6. The number of nitrogens with zero attached hydrogens (tertiary/aromatic N) is 1. The Morgan fingerprint density at radius 2 is 2.12 bits per heavy atom. The molecule has 1 aromatic heterocycles. The van der Waals surface area contributed by atoms with Crippen molar-refractivity contribution in [2.75, 3.05) is 18.5 Å². The van der Waals surface area contributed by atoms with Crippen molar-refractivity contribution < 1.29 is 14.3 Å². The molecule has 1 amide bonds. The first-order valence-electron chi connectivity index (χ1n) is 7.93. The van der Waals surface area contributed by atoms with Crippen LogP contribution in [0.2, 0.25) is 0 Å². The molecule has 0 fully saturated rings. The summed E-state index contributed by atoms with van der Waals surface area (Å²) in [5.74, 6) is 1.19. The third kappa shape index (κ3) is 5.38. The summed E-state index contributed by atoms with van der Waals surface area (Å²) in [7, 11) is 0. The quantitative estimate of drug-likeness (QED) is 0.724. The Labute approximate surface area is 146 Å². The molecule has 0 unspecified atom stereocenters. The molecule has 0 bridgehead atoms. The number of carbonyl (C=O) groups is 1. The summed E-state index contributed by atoms with van der Waals surface area (Å²) in [4.78, 5) is 16.1. The summed E-state index contributed by atoms with van der Waals surface area (Å²) < 4.78 is 11.3. The number of ether oxygens (including phenoxy) is 2. The van der Waals surface area contributed by atoms with Crippen LogP contribution in [0.1, 0.15) is 31.5 Å².